The van der Waals surface area contributed by atoms with E-state index >= 15 is 0 Å². The van der Waals surface area contributed by atoms with Gasteiger partial charge in [-0.3, -0.25) is 0 Å². The van der Waals surface area contributed by atoms with E-state index in [2.05, 4.69) is 20.4 Å². The molecule has 0 aromatic heterocycles. The lowest BCUT2D eigenvalue weighted by Gasteiger charge is -2.74. The van der Waals surface area contributed by atoms with Gasteiger partial charge in [-0.1, -0.05) is 34.3 Å². The smallest absolute Gasteiger partial charge is 0.419 e. The van der Waals surface area contributed by atoms with Crippen molar-refractivity contribution in [1.82, 2.24) is 0 Å². The Balaban J connectivity index is 2.27. The number of aliphatic hydroxyl groups is 2. The predicted octanol–water partition coefficient (Wildman–Crippen LogP) is 8.15. The van der Waals surface area contributed by atoms with E-state index in [0.29, 0.717) is 57.8 Å². The third-order valence-corrected chi connectivity index (χ3v) is 13.3. The molecule has 4 bridgehead atoms. The third kappa shape index (κ3) is 6.96. The van der Waals surface area contributed by atoms with Crippen LogP contribution in [0.4, 0.5) is 13.2 Å². The lowest BCUT2D eigenvalue weighted by molar-refractivity contribution is -0.368. The second-order valence-corrected chi connectivity index (χ2v) is 17.3. The average molecular weight is 705 g/mol. The van der Waals surface area contributed by atoms with Crippen molar-refractivity contribution in [1.29, 1.82) is 0 Å². The number of halogens is 3. The predicted molar refractivity (Wildman–Crippen MR) is 181 cm³/mol. The summed E-state index contributed by atoms with van der Waals surface area (Å²) in [7, 11) is 0. The normalized spacial score (nSPS) is 29.0. The summed E-state index contributed by atoms with van der Waals surface area (Å²) in [6, 6.07) is 0. The Hall–Kier alpha value is -1.69. The van der Waals surface area contributed by atoms with Crippen LogP contribution in [0.25, 0.3) is 0 Å². The van der Waals surface area contributed by atoms with Gasteiger partial charge >= 0.3 is 18.1 Å². The molecule has 2 N–H and O–H groups in total. The summed E-state index contributed by atoms with van der Waals surface area (Å²) >= 11 is 0. The average Bonchev–Trinajstić information content (AvgIpc) is 2.94. The van der Waals surface area contributed by atoms with Crippen LogP contribution in [-0.4, -0.2) is 74.1 Å². The first-order valence-corrected chi connectivity index (χ1v) is 18.0. The van der Waals surface area contributed by atoms with E-state index in [1.54, 1.807) is 13.8 Å². The molecule has 5 atom stereocenters. The largest absolute Gasteiger partial charge is 0.456 e. The minimum Gasteiger partial charge on any atom is -0.456 e. The Labute approximate surface area is 291 Å². The molecule has 0 aromatic rings. The molecule has 4 aliphatic rings. The number of hydrogen-bond donors (Lipinski definition) is 2. The minimum atomic E-state index is -4.96. The Kier molecular flexibility index (Phi) is 11.1. The fraction of sp³-hybridized carbons (Fsp3) is 0.895. The maximum Gasteiger partial charge on any atom is 0.419 e. The van der Waals surface area contributed by atoms with Gasteiger partial charge in [0.2, 0.25) is 0 Å². The fourth-order valence-electron chi connectivity index (χ4n) is 10.0. The standard InChI is InChI=1S/C38H63F3O8/c1-14-36(15-2,48-30(9,10)29(7,8)44)33-18-26-19-34(22-33,24-35(20-26,23-33)47-27(42)21-46-28(43)25(5)6)37(16-3,17-4)49-31(11,12)32(13,45)38(39,40)41/h26,44-45H,5,14-24H2,1-4,6-13H3. The second kappa shape index (κ2) is 13.1. The molecule has 49 heavy (non-hydrogen) atoms. The highest BCUT2D eigenvalue weighted by atomic mass is 19.4. The van der Waals surface area contributed by atoms with Crippen LogP contribution in [0, 0.1) is 16.7 Å². The van der Waals surface area contributed by atoms with Gasteiger partial charge in [0.1, 0.15) is 11.2 Å². The van der Waals surface area contributed by atoms with E-state index in [1.165, 1.54) is 20.8 Å². The quantitative estimate of drug-likeness (QED) is 0.122. The molecule has 4 saturated carbocycles. The van der Waals surface area contributed by atoms with Crippen molar-refractivity contribution < 1.29 is 51.9 Å². The van der Waals surface area contributed by atoms with Crippen LogP contribution in [0.3, 0.4) is 0 Å². The van der Waals surface area contributed by atoms with Crippen molar-refractivity contribution in [3.05, 3.63) is 12.2 Å². The lowest BCUT2D eigenvalue weighted by Crippen LogP contribution is -2.74. The van der Waals surface area contributed by atoms with E-state index in [-0.39, 0.29) is 11.5 Å². The zero-order chi connectivity index (χ0) is 37.9. The molecule has 4 aliphatic carbocycles. The maximum atomic E-state index is 14.4. The SMILES string of the molecule is C=C(C)C(=O)OCC(=O)OC12CC3CC(C(CC)(CC)OC(C)(C)C(C)(C)O)(C1)CC(C(CC)(CC)OC(C)(C)C(C)(O)C(F)(F)F)(C3)C2. The number of carbonyl (C=O) groups is 2. The molecule has 5 unspecified atom stereocenters. The molecule has 11 heteroatoms. The number of carbonyl (C=O) groups excluding carboxylic acids is 2. The molecular formula is C38H63F3O8. The van der Waals surface area contributed by atoms with Gasteiger partial charge in [-0.15, -0.1) is 0 Å². The summed E-state index contributed by atoms with van der Waals surface area (Å²) < 4.78 is 68.6. The molecule has 0 aromatic carbocycles. The van der Waals surface area contributed by atoms with E-state index < -0.39 is 74.8 Å². The van der Waals surface area contributed by atoms with Crippen LogP contribution in [0.1, 0.15) is 147 Å². The van der Waals surface area contributed by atoms with Crippen LogP contribution in [-0.2, 0) is 28.5 Å². The molecule has 0 saturated heterocycles. The minimum absolute atomic E-state index is 0.0145. The van der Waals surface area contributed by atoms with E-state index in [4.69, 9.17) is 18.9 Å². The highest BCUT2D eigenvalue weighted by molar-refractivity contribution is 5.88. The molecule has 0 amide bonds. The van der Waals surface area contributed by atoms with Crippen LogP contribution in [0.5, 0.6) is 0 Å². The van der Waals surface area contributed by atoms with Crippen LogP contribution in [0.15, 0.2) is 12.2 Å². The maximum absolute atomic E-state index is 14.4. The Morgan fingerprint density at radius 1 is 0.755 bits per heavy atom. The summed E-state index contributed by atoms with van der Waals surface area (Å²) in [5.74, 6) is -1.41. The summed E-state index contributed by atoms with van der Waals surface area (Å²) in [5.41, 5.74) is -11.7. The number of hydrogen-bond acceptors (Lipinski definition) is 8. The summed E-state index contributed by atoms with van der Waals surface area (Å²) in [6.45, 7) is 22.9. The first-order valence-electron chi connectivity index (χ1n) is 18.0. The molecule has 0 spiro atoms. The monoisotopic (exact) mass is 704 g/mol. The molecule has 8 nitrogen and oxygen atoms in total. The fourth-order valence-corrected chi connectivity index (χ4v) is 10.0. The summed E-state index contributed by atoms with van der Waals surface area (Å²) in [4.78, 5) is 25.6. The van der Waals surface area contributed by atoms with E-state index in [0.717, 1.165) is 13.3 Å². The molecule has 0 aliphatic heterocycles. The number of ether oxygens (including phenoxy) is 4. The van der Waals surface area contributed by atoms with Gasteiger partial charge in [-0.05, 0) is 126 Å². The van der Waals surface area contributed by atoms with Gasteiger partial charge in [0, 0.05) is 16.4 Å². The first kappa shape index (κ1) is 41.7. The highest BCUT2D eigenvalue weighted by Crippen LogP contribution is 2.75. The van der Waals surface area contributed by atoms with Gasteiger partial charge in [0.15, 0.2) is 12.2 Å². The van der Waals surface area contributed by atoms with Crippen molar-refractivity contribution in [3.63, 3.8) is 0 Å². The van der Waals surface area contributed by atoms with Crippen molar-refractivity contribution in [2.45, 2.75) is 193 Å². The molecule has 4 rings (SSSR count). The Bertz CT molecular complexity index is 1260. The van der Waals surface area contributed by atoms with Gasteiger partial charge in [0.25, 0.3) is 0 Å². The molecular weight excluding hydrogens is 641 g/mol. The molecule has 284 valence electrons. The van der Waals surface area contributed by atoms with Crippen molar-refractivity contribution in [2.75, 3.05) is 6.61 Å². The zero-order valence-corrected chi connectivity index (χ0v) is 32.0. The van der Waals surface area contributed by atoms with Crippen molar-refractivity contribution in [3.8, 4) is 0 Å². The zero-order valence-electron chi connectivity index (χ0n) is 32.0. The van der Waals surface area contributed by atoms with Crippen molar-refractivity contribution >= 4 is 11.9 Å². The second-order valence-electron chi connectivity index (χ2n) is 17.3. The highest BCUT2D eigenvalue weighted by Gasteiger charge is 2.75. The van der Waals surface area contributed by atoms with Gasteiger partial charge in [-0.2, -0.15) is 13.2 Å². The topological polar surface area (TPSA) is 112 Å². The first-order chi connectivity index (χ1) is 22.0. The number of alkyl halides is 3. The van der Waals surface area contributed by atoms with Crippen LogP contribution in [0.2, 0.25) is 0 Å². The molecule has 0 heterocycles. The van der Waals surface area contributed by atoms with Gasteiger partial charge in [-0.25, -0.2) is 9.59 Å². The Morgan fingerprint density at radius 2 is 1.18 bits per heavy atom. The Morgan fingerprint density at radius 3 is 1.55 bits per heavy atom. The molecule has 0 radical (unpaired) electrons. The van der Waals surface area contributed by atoms with E-state index in [1.807, 2.05) is 27.7 Å². The van der Waals surface area contributed by atoms with E-state index in [9.17, 15) is 33.0 Å². The van der Waals surface area contributed by atoms with Gasteiger partial charge < -0.3 is 29.2 Å². The van der Waals surface area contributed by atoms with Crippen molar-refractivity contribution in [2.24, 2.45) is 16.7 Å². The number of rotatable bonds is 16. The number of esters is 2. The van der Waals surface area contributed by atoms with Crippen LogP contribution >= 0.6 is 0 Å². The molecule has 4 fully saturated rings. The third-order valence-electron chi connectivity index (χ3n) is 13.3. The summed E-state index contributed by atoms with van der Waals surface area (Å²) in [6.07, 6.45) is 0.143. The van der Waals surface area contributed by atoms with Gasteiger partial charge in [0.05, 0.1) is 22.4 Å². The lowest BCUT2D eigenvalue weighted by atomic mass is 9.36. The van der Waals surface area contributed by atoms with Crippen LogP contribution < -0.4 is 0 Å². The summed E-state index contributed by atoms with van der Waals surface area (Å²) in [5, 5.41) is 22.2.